The maximum atomic E-state index is 12.7. The smallest absolute Gasteiger partial charge is 0.220 e. The van der Waals surface area contributed by atoms with Gasteiger partial charge in [-0.15, -0.1) is 0 Å². The number of halogens is 1. The number of hydrogen-bond acceptors (Lipinski definition) is 2. The van der Waals surface area contributed by atoms with Crippen molar-refractivity contribution in [1.82, 2.24) is 10.2 Å². The number of carbonyl (C=O) groups excluding carboxylic acids is 1. The summed E-state index contributed by atoms with van der Waals surface area (Å²) in [6.45, 7) is 2.09. The zero-order valence-electron chi connectivity index (χ0n) is 11.4. The Bertz CT molecular complexity index is 411. The van der Waals surface area contributed by atoms with Crippen molar-refractivity contribution >= 4 is 5.91 Å². The van der Waals surface area contributed by atoms with Crippen molar-refractivity contribution in [3.63, 3.8) is 0 Å². The number of nitrogens with zero attached hydrogens (tertiary/aromatic N) is 1. The summed E-state index contributed by atoms with van der Waals surface area (Å²) < 4.78 is 12.7. The second-order valence-corrected chi connectivity index (χ2v) is 5.27. The molecule has 104 valence electrons. The van der Waals surface area contributed by atoms with E-state index in [0.717, 1.165) is 31.5 Å². The highest BCUT2D eigenvalue weighted by Gasteiger charge is 2.18. The fourth-order valence-electron chi connectivity index (χ4n) is 2.36. The zero-order valence-corrected chi connectivity index (χ0v) is 11.4. The van der Waals surface area contributed by atoms with Gasteiger partial charge in [0, 0.05) is 12.5 Å². The molecule has 0 aromatic heterocycles. The molecule has 0 radical (unpaired) electrons. The Morgan fingerprint density at radius 1 is 1.32 bits per heavy atom. The molecule has 1 heterocycles. The van der Waals surface area contributed by atoms with Crippen molar-refractivity contribution in [1.29, 1.82) is 0 Å². The van der Waals surface area contributed by atoms with Gasteiger partial charge < -0.3 is 10.2 Å². The van der Waals surface area contributed by atoms with Gasteiger partial charge in [-0.1, -0.05) is 12.1 Å². The molecule has 4 heteroatoms. The number of hydrogen-bond donors (Lipinski definition) is 1. The number of carbonyl (C=O) groups is 1. The average molecular weight is 264 g/mol. The highest BCUT2D eigenvalue weighted by Crippen LogP contribution is 2.09. The molecule has 1 amide bonds. The Balaban J connectivity index is 1.71. The van der Waals surface area contributed by atoms with E-state index in [0.29, 0.717) is 18.9 Å². The minimum atomic E-state index is -0.237. The molecule has 3 nitrogen and oxygen atoms in total. The van der Waals surface area contributed by atoms with Crippen molar-refractivity contribution in [2.45, 2.75) is 31.7 Å². The molecule has 1 fully saturated rings. The fraction of sp³-hybridized carbons (Fsp3) is 0.533. The van der Waals surface area contributed by atoms with E-state index in [1.165, 1.54) is 12.1 Å². The van der Waals surface area contributed by atoms with Crippen LogP contribution in [0.3, 0.4) is 0 Å². The number of rotatable bonds is 4. The van der Waals surface area contributed by atoms with Gasteiger partial charge in [0.25, 0.3) is 0 Å². The molecule has 0 atom stereocenters. The van der Waals surface area contributed by atoms with E-state index in [-0.39, 0.29) is 11.7 Å². The number of benzene rings is 1. The molecule has 0 unspecified atom stereocenters. The van der Waals surface area contributed by atoms with Crippen LogP contribution in [0.1, 0.15) is 24.8 Å². The van der Waals surface area contributed by atoms with Gasteiger partial charge in [0.2, 0.25) is 5.91 Å². The first-order valence-electron chi connectivity index (χ1n) is 6.86. The third-order valence-corrected chi connectivity index (χ3v) is 3.64. The van der Waals surface area contributed by atoms with Gasteiger partial charge in [0.1, 0.15) is 5.82 Å². The summed E-state index contributed by atoms with van der Waals surface area (Å²) in [7, 11) is 2.10. The third-order valence-electron chi connectivity index (χ3n) is 3.64. The molecule has 1 N–H and O–H groups in total. The van der Waals surface area contributed by atoms with Crippen molar-refractivity contribution in [2.24, 2.45) is 0 Å². The molecule has 19 heavy (non-hydrogen) atoms. The number of aryl methyl sites for hydroxylation is 1. The van der Waals surface area contributed by atoms with Crippen LogP contribution in [0.4, 0.5) is 4.39 Å². The topological polar surface area (TPSA) is 32.3 Å². The highest BCUT2D eigenvalue weighted by atomic mass is 19.1. The average Bonchev–Trinajstić information content (AvgIpc) is 2.41. The first-order valence-corrected chi connectivity index (χ1v) is 6.86. The van der Waals surface area contributed by atoms with Gasteiger partial charge in [-0.05, 0) is 57.1 Å². The fourth-order valence-corrected chi connectivity index (χ4v) is 2.36. The quantitative estimate of drug-likeness (QED) is 0.901. The number of amides is 1. The Kier molecular flexibility index (Phi) is 4.91. The zero-order chi connectivity index (χ0) is 13.7. The Morgan fingerprint density at radius 2 is 1.95 bits per heavy atom. The Hall–Kier alpha value is -1.42. The van der Waals surface area contributed by atoms with Crippen molar-refractivity contribution in [3.8, 4) is 0 Å². The summed E-state index contributed by atoms with van der Waals surface area (Å²) in [5.74, 6) is -0.140. The lowest BCUT2D eigenvalue weighted by molar-refractivity contribution is -0.122. The van der Waals surface area contributed by atoms with Crippen molar-refractivity contribution < 1.29 is 9.18 Å². The summed E-state index contributed by atoms with van der Waals surface area (Å²) in [5, 5.41) is 3.08. The maximum Gasteiger partial charge on any atom is 0.220 e. The second kappa shape index (κ2) is 6.66. The molecule has 1 aliphatic rings. The molecule has 1 aromatic carbocycles. The molecule has 1 saturated heterocycles. The monoisotopic (exact) mass is 264 g/mol. The van der Waals surface area contributed by atoms with Gasteiger partial charge in [0.05, 0.1) is 0 Å². The molecule has 0 spiro atoms. The van der Waals surface area contributed by atoms with Crippen LogP contribution >= 0.6 is 0 Å². The standard InChI is InChI=1S/C15H21FN2O/c1-18-10-8-14(9-11-18)17-15(19)7-4-12-2-5-13(16)6-3-12/h2-3,5-6,14H,4,7-11H2,1H3,(H,17,19). The largest absolute Gasteiger partial charge is 0.353 e. The van der Waals surface area contributed by atoms with Crippen LogP contribution in [0, 0.1) is 5.82 Å². The first kappa shape index (κ1) is 14.0. The lowest BCUT2D eigenvalue weighted by atomic mass is 10.0. The molecule has 2 rings (SSSR count). The lowest BCUT2D eigenvalue weighted by Crippen LogP contribution is -2.43. The molecular weight excluding hydrogens is 243 g/mol. The molecular formula is C15H21FN2O. The van der Waals surface area contributed by atoms with Gasteiger partial charge in [-0.3, -0.25) is 4.79 Å². The van der Waals surface area contributed by atoms with Crippen LogP contribution in [0.2, 0.25) is 0 Å². The molecule has 0 saturated carbocycles. The van der Waals surface area contributed by atoms with Crippen molar-refractivity contribution in [2.75, 3.05) is 20.1 Å². The molecule has 0 aliphatic carbocycles. The summed E-state index contributed by atoms with van der Waals surface area (Å²) in [6.07, 6.45) is 3.19. The van der Waals surface area contributed by atoms with Crippen LogP contribution in [-0.2, 0) is 11.2 Å². The summed E-state index contributed by atoms with van der Waals surface area (Å²) in [5.41, 5.74) is 1.000. The summed E-state index contributed by atoms with van der Waals surface area (Å²) >= 11 is 0. The van der Waals surface area contributed by atoms with Gasteiger partial charge >= 0.3 is 0 Å². The third kappa shape index (κ3) is 4.63. The molecule has 1 aliphatic heterocycles. The highest BCUT2D eigenvalue weighted by molar-refractivity contribution is 5.76. The van der Waals surface area contributed by atoms with E-state index in [4.69, 9.17) is 0 Å². The minimum Gasteiger partial charge on any atom is -0.353 e. The predicted molar refractivity (Wildman–Crippen MR) is 73.4 cm³/mol. The van der Waals surface area contributed by atoms with Gasteiger partial charge in [-0.2, -0.15) is 0 Å². The summed E-state index contributed by atoms with van der Waals surface area (Å²) in [6, 6.07) is 6.65. The van der Waals surface area contributed by atoms with Crippen LogP contribution in [0.25, 0.3) is 0 Å². The van der Waals surface area contributed by atoms with E-state index in [2.05, 4.69) is 17.3 Å². The second-order valence-electron chi connectivity index (χ2n) is 5.27. The van der Waals surface area contributed by atoms with Crippen LogP contribution < -0.4 is 5.32 Å². The normalized spacial score (nSPS) is 17.4. The van der Waals surface area contributed by atoms with E-state index >= 15 is 0 Å². The SMILES string of the molecule is CN1CCC(NC(=O)CCc2ccc(F)cc2)CC1. The first-order chi connectivity index (χ1) is 9.13. The maximum absolute atomic E-state index is 12.7. The number of likely N-dealkylation sites (tertiary alicyclic amines) is 1. The minimum absolute atomic E-state index is 0.0962. The Morgan fingerprint density at radius 3 is 2.58 bits per heavy atom. The molecule has 0 bridgehead atoms. The predicted octanol–water partition coefficient (Wildman–Crippen LogP) is 1.97. The lowest BCUT2D eigenvalue weighted by Gasteiger charge is -2.29. The number of nitrogens with one attached hydrogen (secondary N) is 1. The van der Waals surface area contributed by atoms with Gasteiger partial charge in [-0.25, -0.2) is 4.39 Å². The van der Waals surface area contributed by atoms with Crippen LogP contribution in [0.15, 0.2) is 24.3 Å². The van der Waals surface area contributed by atoms with Crippen LogP contribution in [-0.4, -0.2) is 37.0 Å². The van der Waals surface area contributed by atoms with E-state index in [1.807, 2.05) is 0 Å². The molecule has 1 aromatic rings. The van der Waals surface area contributed by atoms with E-state index in [1.54, 1.807) is 12.1 Å². The Labute approximate surface area is 113 Å². The van der Waals surface area contributed by atoms with Gasteiger partial charge in [0.15, 0.2) is 0 Å². The van der Waals surface area contributed by atoms with Crippen LogP contribution in [0.5, 0.6) is 0 Å². The van der Waals surface area contributed by atoms with E-state index < -0.39 is 0 Å². The van der Waals surface area contributed by atoms with E-state index in [9.17, 15) is 9.18 Å². The summed E-state index contributed by atoms with van der Waals surface area (Å²) in [4.78, 5) is 14.1. The number of piperidine rings is 1. The van der Waals surface area contributed by atoms with Crippen molar-refractivity contribution in [3.05, 3.63) is 35.6 Å².